The van der Waals surface area contributed by atoms with Crippen LogP contribution < -0.4 is 0 Å². The van der Waals surface area contributed by atoms with Crippen molar-refractivity contribution in [1.82, 2.24) is 9.97 Å². The van der Waals surface area contributed by atoms with Gasteiger partial charge in [0.05, 0.1) is 0 Å². The number of hydrogen-bond acceptors (Lipinski definition) is 3. The summed E-state index contributed by atoms with van der Waals surface area (Å²) in [7, 11) is 0. The molecule has 2 heterocycles. The van der Waals surface area contributed by atoms with Gasteiger partial charge in [0, 0.05) is 23.2 Å². The first-order valence-corrected chi connectivity index (χ1v) is 6.97. The minimum Gasteiger partial charge on any atom is -0.439 e. The third kappa shape index (κ3) is 2.68. The Morgan fingerprint density at radius 3 is 2.89 bits per heavy atom. The van der Waals surface area contributed by atoms with E-state index in [1.54, 1.807) is 6.20 Å². The van der Waals surface area contributed by atoms with Crippen LogP contribution in [-0.4, -0.2) is 9.97 Å². The summed E-state index contributed by atoms with van der Waals surface area (Å²) < 4.78 is 6.61. The third-order valence-corrected chi connectivity index (χ3v) is 3.56. The Kier molecular flexibility index (Phi) is 3.34. The zero-order valence-corrected chi connectivity index (χ0v) is 12.1. The molecule has 3 aromatic rings. The maximum atomic E-state index is 5.71. The van der Waals surface area contributed by atoms with Gasteiger partial charge in [-0.25, -0.2) is 4.98 Å². The van der Waals surface area contributed by atoms with E-state index in [2.05, 4.69) is 57.1 Å². The van der Waals surface area contributed by atoms with Crippen molar-refractivity contribution in [2.75, 3.05) is 0 Å². The molecule has 0 saturated heterocycles. The Labute approximate surface area is 119 Å². The van der Waals surface area contributed by atoms with Gasteiger partial charge in [-0.1, -0.05) is 24.3 Å². The van der Waals surface area contributed by atoms with Crippen molar-refractivity contribution in [2.45, 2.75) is 19.8 Å². The first kappa shape index (κ1) is 12.4. The van der Waals surface area contributed by atoms with Gasteiger partial charge in [-0.2, -0.15) is 4.98 Å². The molecule has 0 radical (unpaired) electrons. The molecule has 0 unspecified atom stereocenters. The van der Waals surface area contributed by atoms with Crippen molar-refractivity contribution in [3.63, 3.8) is 0 Å². The number of benzene rings is 1. The quantitative estimate of drug-likeness (QED) is 0.731. The molecule has 1 aromatic carbocycles. The summed E-state index contributed by atoms with van der Waals surface area (Å²) in [6.07, 6.45) is 3.45. The smallest absolute Gasteiger partial charge is 0.198 e. The van der Waals surface area contributed by atoms with E-state index in [0.717, 1.165) is 28.8 Å². The predicted octanol–water partition coefficient (Wildman–Crippen LogP) is 4.08. The lowest BCUT2D eigenvalue weighted by Gasteiger charge is -2.02. The number of oxazole rings is 1. The lowest BCUT2D eigenvalue weighted by molar-refractivity contribution is 0.528. The second-order valence-electron chi connectivity index (χ2n) is 4.51. The van der Waals surface area contributed by atoms with Crippen LogP contribution >= 0.6 is 15.9 Å². The van der Waals surface area contributed by atoms with E-state index in [9.17, 15) is 0 Å². The summed E-state index contributed by atoms with van der Waals surface area (Å²) in [5.74, 6) is 0.740. The van der Waals surface area contributed by atoms with Crippen molar-refractivity contribution in [1.29, 1.82) is 0 Å². The first-order chi connectivity index (χ1) is 9.22. The Hall–Kier alpha value is -1.68. The Morgan fingerprint density at radius 1 is 1.21 bits per heavy atom. The number of halogens is 1. The fourth-order valence-electron chi connectivity index (χ4n) is 2.08. The van der Waals surface area contributed by atoms with Crippen LogP contribution in [0.4, 0.5) is 0 Å². The van der Waals surface area contributed by atoms with Gasteiger partial charge in [-0.3, -0.25) is 0 Å². The maximum Gasteiger partial charge on any atom is 0.198 e. The van der Waals surface area contributed by atoms with Crippen LogP contribution in [0.5, 0.6) is 0 Å². The molecule has 0 aliphatic carbocycles. The molecule has 3 nitrogen and oxygen atoms in total. The third-order valence-electron chi connectivity index (χ3n) is 3.13. The largest absolute Gasteiger partial charge is 0.439 e. The van der Waals surface area contributed by atoms with E-state index in [0.29, 0.717) is 5.65 Å². The van der Waals surface area contributed by atoms with E-state index >= 15 is 0 Å². The topological polar surface area (TPSA) is 38.9 Å². The van der Waals surface area contributed by atoms with E-state index in [1.165, 1.54) is 11.1 Å². The Morgan fingerprint density at radius 2 is 2.05 bits per heavy atom. The first-order valence-electron chi connectivity index (χ1n) is 6.18. The highest BCUT2D eigenvalue weighted by Crippen LogP contribution is 2.19. The van der Waals surface area contributed by atoms with Crippen LogP contribution in [0.3, 0.4) is 0 Å². The molecule has 2 aromatic heterocycles. The fourth-order valence-corrected chi connectivity index (χ4v) is 2.39. The molecule has 0 aliphatic heterocycles. The van der Waals surface area contributed by atoms with Gasteiger partial charge in [0.1, 0.15) is 0 Å². The summed E-state index contributed by atoms with van der Waals surface area (Å²) in [5, 5.41) is 0. The zero-order chi connectivity index (χ0) is 13.2. The van der Waals surface area contributed by atoms with Crippen molar-refractivity contribution < 1.29 is 4.42 Å². The van der Waals surface area contributed by atoms with Crippen molar-refractivity contribution in [3.05, 3.63) is 58.0 Å². The van der Waals surface area contributed by atoms with Crippen LogP contribution in [-0.2, 0) is 12.8 Å². The summed E-state index contributed by atoms with van der Waals surface area (Å²) in [5.41, 5.74) is 4.04. The second kappa shape index (κ2) is 5.13. The predicted molar refractivity (Wildman–Crippen MR) is 78.1 cm³/mol. The molecule has 0 saturated carbocycles. The summed E-state index contributed by atoms with van der Waals surface area (Å²) in [4.78, 5) is 8.62. The maximum absolute atomic E-state index is 5.71. The lowest BCUT2D eigenvalue weighted by atomic mass is 10.0. The van der Waals surface area contributed by atoms with Gasteiger partial charge in [-0.15, -0.1) is 0 Å². The molecule has 96 valence electrons. The molecule has 0 bridgehead atoms. The molecule has 0 atom stereocenters. The SMILES string of the molecule is Cc1ccccc1CCc1nc2ncc(Br)cc2o1. The van der Waals surface area contributed by atoms with Gasteiger partial charge in [0.15, 0.2) is 17.1 Å². The summed E-state index contributed by atoms with van der Waals surface area (Å²) in [6, 6.07) is 10.3. The molecule has 0 fully saturated rings. The highest BCUT2D eigenvalue weighted by molar-refractivity contribution is 9.10. The number of hydrogen-bond donors (Lipinski definition) is 0. The van der Waals surface area contributed by atoms with Gasteiger partial charge in [0.25, 0.3) is 0 Å². The highest BCUT2D eigenvalue weighted by Gasteiger charge is 2.08. The van der Waals surface area contributed by atoms with E-state index in [-0.39, 0.29) is 0 Å². The van der Waals surface area contributed by atoms with Gasteiger partial charge in [-0.05, 0) is 40.4 Å². The van der Waals surface area contributed by atoms with Crippen LogP contribution in [0.25, 0.3) is 11.2 Å². The highest BCUT2D eigenvalue weighted by atomic mass is 79.9. The van der Waals surface area contributed by atoms with Crippen LogP contribution in [0.1, 0.15) is 17.0 Å². The standard InChI is InChI=1S/C15H13BrN2O/c1-10-4-2-3-5-11(10)6-7-14-18-15-13(19-14)8-12(16)9-17-15/h2-5,8-9H,6-7H2,1H3. The molecule has 0 amide bonds. The summed E-state index contributed by atoms with van der Waals surface area (Å²) >= 11 is 3.38. The molecule has 0 N–H and O–H groups in total. The molecule has 4 heteroatoms. The minimum absolute atomic E-state index is 0.669. The van der Waals surface area contributed by atoms with E-state index in [1.807, 2.05) is 6.07 Å². The van der Waals surface area contributed by atoms with Gasteiger partial charge < -0.3 is 4.42 Å². The van der Waals surface area contributed by atoms with Gasteiger partial charge in [0.2, 0.25) is 0 Å². The zero-order valence-electron chi connectivity index (χ0n) is 10.6. The van der Waals surface area contributed by atoms with Crippen molar-refractivity contribution in [3.8, 4) is 0 Å². The van der Waals surface area contributed by atoms with E-state index in [4.69, 9.17) is 4.42 Å². The normalized spacial score (nSPS) is 11.1. The minimum atomic E-state index is 0.669. The van der Waals surface area contributed by atoms with Crippen LogP contribution in [0, 0.1) is 6.92 Å². The van der Waals surface area contributed by atoms with E-state index < -0.39 is 0 Å². The number of rotatable bonds is 3. The van der Waals surface area contributed by atoms with Crippen molar-refractivity contribution in [2.24, 2.45) is 0 Å². The number of fused-ring (bicyclic) bond motifs is 1. The fraction of sp³-hybridized carbons (Fsp3) is 0.200. The average molecular weight is 317 g/mol. The molecular formula is C15H13BrN2O. The molecule has 19 heavy (non-hydrogen) atoms. The lowest BCUT2D eigenvalue weighted by Crippen LogP contribution is -1.93. The van der Waals surface area contributed by atoms with Crippen LogP contribution in [0.2, 0.25) is 0 Å². The Balaban J connectivity index is 1.80. The molecule has 0 spiro atoms. The number of pyridine rings is 1. The van der Waals surface area contributed by atoms with Crippen molar-refractivity contribution >= 4 is 27.2 Å². The Bertz CT molecular complexity index is 721. The molecular weight excluding hydrogens is 304 g/mol. The monoisotopic (exact) mass is 316 g/mol. The summed E-state index contributed by atoms with van der Waals surface area (Å²) in [6.45, 7) is 2.13. The molecule has 3 rings (SSSR count). The molecule has 0 aliphatic rings. The number of aromatic nitrogens is 2. The number of nitrogens with zero attached hydrogens (tertiary/aromatic N) is 2. The average Bonchev–Trinajstić information content (AvgIpc) is 2.79. The number of aryl methyl sites for hydroxylation is 3. The second-order valence-corrected chi connectivity index (χ2v) is 5.43. The van der Waals surface area contributed by atoms with Crippen LogP contribution in [0.15, 0.2) is 45.4 Å². The van der Waals surface area contributed by atoms with Gasteiger partial charge >= 0.3 is 0 Å².